The number of aryl methyl sites for hydroxylation is 1. The Labute approximate surface area is 117 Å². The van der Waals surface area contributed by atoms with E-state index in [2.05, 4.69) is 4.72 Å². The van der Waals surface area contributed by atoms with Crippen molar-refractivity contribution in [1.29, 1.82) is 0 Å². The number of thiophene rings is 1. The van der Waals surface area contributed by atoms with Crippen LogP contribution in [0.15, 0.2) is 46.0 Å². The summed E-state index contributed by atoms with van der Waals surface area (Å²) >= 11 is 1.22. The lowest BCUT2D eigenvalue weighted by Crippen LogP contribution is -2.24. The fraction of sp³-hybridized carbons (Fsp3) is 0.231. The fourth-order valence-electron chi connectivity index (χ4n) is 1.67. The molecule has 0 aliphatic rings. The van der Waals surface area contributed by atoms with Gasteiger partial charge in [0.1, 0.15) is 4.21 Å². The summed E-state index contributed by atoms with van der Waals surface area (Å²) in [7, 11) is -3.33. The van der Waals surface area contributed by atoms with Crippen molar-refractivity contribution in [3.8, 4) is 0 Å². The van der Waals surface area contributed by atoms with Crippen LogP contribution in [-0.2, 0) is 16.4 Å². The highest BCUT2D eigenvalue weighted by atomic mass is 32.2. The van der Waals surface area contributed by atoms with Crippen LogP contribution in [0.1, 0.15) is 12.0 Å². The molecular formula is C13H16N2O2S2. The first-order valence-electron chi connectivity index (χ1n) is 5.95. The molecule has 0 unspecified atom stereocenters. The van der Waals surface area contributed by atoms with Crippen molar-refractivity contribution in [3.63, 3.8) is 0 Å². The first-order chi connectivity index (χ1) is 9.08. The molecule has 0 aliphatic heterocycles. The third kappa shape index (κ3) is 4.05. The summed E-state index contributed by atoms with van der Waals surface area (Å²) < 4.78 is 26.6. The Kier molecular flexibility index (Phi) is 4.57. The lowest BCUT2D eigenvalue weighted by atomic mass is 10.1. The van der Waals surface area contributed by atoms with Gasteiger partial charge in [-0.05, 0) is 42.0 Å². The van der Waals surface area contributed by atoms with Gasteiger partial charge in [-0.3, -0.25) is 0 Å². The van der Waals surface area contributed by atoms with Crippen LogP contribution in [0.2, 0.25) is 0 Å². The summed E-state index contributed by atoms with van der Waals surface area (Å²) in [5, 5.41) is 1.75. The maximum atomic E-state index is 11.8. The monoisotopic (exact) mass is 296 g/mol. The molecule has 0 aliphatic carbocycles. The molecule has 3 N–H and O–H groups in total. The molecule has 0 atom stereocenters. The maximum Gasteiger partial charge on any atom is 0.250 e. The van der Waals surface area contributed by atoms with Gasteiger partial charge in [0.25, 0.3) is 0 Å². The van der Waals surface area contributed by atoms with Gasteiger partial charge in [-0.25, -0.2) is 13.1 Å². The smallest absolute Gasteiger partial charge is 0.250 e. The molecule has 0 saturated heterocycles. The quantitative estimate of drug-likeness (QED) is 0.634. The topological polar surface area (TPSA) is 72.2 Å². The van der Waals surface area contributed by atoms with Crippen LogP contribution in [0, 0.1) is 0 Å². The van der Waals surface area contributed by atoms with E-state index in [-0.39, 0.29) is 0 Å². The molecule has 0 amide bonds. The summed E-state index contributed by atoms with van der Waals surface area (Å²) in [6, 6.07) is 11.0. The summed E-state index contributed by atoms with van der Waals surface area (Å²) in [6.45, 7) is 0.435. The van der Waals surface area contributed by atoms with Gasteiger partial charge in [-0.1, -0.05) is 18.2 Å². The van der Waals surface area contributed by atoms with Gasteiger partial charge in [0, 0.05) is 12.2 Å². The van der Waals surface area contributed by atoms with Gasteiger partial charge in [-0.2, -0.15) is 0 Å². The molecule has 2 aromatic rings. The average Bonchev–Trinajstić information content (AvgIpc) is 2.91. The fourth-order valence-corrected chi connectivity index (χ4v) is 3.78. The van der Waals surface area contributed by atoms with Crippen molar-refractivity contribution in [2.24, 2.45) is 0 Å². The van der Waals surface area contributed by atoms with E-state index < -0.39 is 10.0 Å². The summed E-state index contributed by atoms with van der Waals surface area (Å²) in [6.07, 6.45) is 1.59. The van der Waals surface area contributed by atoms with Gasteiger partial charge in [0.15, 0.2) is 0 Å². The molecule has 0 fully saturated rings. The summed E-state index contributed by atoms with van der Waals surface area (Å²) in [4.78, 5) is 0. The van der Waals surface area contributed by atoms with Crippen LogP contribution in [0.3, 0.4) is 0 Å². The zero-order valence-electron chi connectivity index (χ0n) is 10.4. The molecule has 0 saturated carbocycles. The van der Waals surface area contributed by atoms with Gasteiger partial charge in [-0.15, -0.1) is 11.3 Å². The highest BCUT2D eigenvalue weighted by molar-refractivity contribution is 7.91. The van der Waals surface area contributed by atoms with Gasteiger partial charge in [0.05, 0.1) is 0 Å². The average molecular weight is 296 g/mol. The Hall–Kier alpha value is -1.37. The number of hydrogen-bond donors (Lipinski definition) is 2. The van der Waals surface area contributed by atoms with Crippen molar-refractivity contribution in [1.82, 2.24) is 4.72 Å². The molecule has 19 heavy (non-hydrogen) atoms. The molecular weight excluding hydrogens is 280 g/mol. The molecule has 2 rings (SSSR count). The first-order valence-corrected chi connectivity index (χ1v) is 8.32. The number of nitrogen functional groups attached to an aromatic ring is 1. The molecule has 0 spiro atoms. The number of nitrogens with two attached hydrogens (primary N) is 1. The van der Waals surface area contributed by atoms with E-state index in [1.165, 1.54) is 11.3 Å². The van der Waals surface area contributed by atoms with E-state index in [0.717, 1.165) is 24.1 Å². The molecule has 102 valence electrons. The molecule has 6 heteroatoms. The number of benzene rings is 1. The van der Waals surface area contributed by atoms with E-state index in [0.29, 0.717) is 10.8 Å². The molecule has 1 heterocycles. The molecule has 1 aromatic carbocycles. The number of rotatable bonds is 6. The zero-order valence-corrected chi connectivity index (χ0v) is 12.0. The van der Waals surface area contributed by atoms with Crippen molar-refractivity contribution < 1.29 is 8.42 Å². The van der Waals surface area contributed by atoms with Crippen LogP contribution in [0.25, 0.3) is 0 Å². The van der Waals surface area contributed by atoms with Crippen LogP contribution < -0.4 is 10.5 Å². The second kappa shape index (κ2) is 6.18. The zero-order chi connectivity index (χ0) is 13.7. The lowest BCUT2D eigenvalue weighted by Gasteiger charge is -2.05. The SMILES string of the molecule is Nc1ccc(CCCNS(=O)(=O)c2cccs2)cc1. The van der Waals surface area contributed by atoms with E-state index in [9.17, 15) is 8.42 Å². The van der Waals surface area contributed by atoms with Crippen molar-refractivity contribution in [2.75, 3.05) is 12.3 Å². The number of sulfonamides is 1. The maximum absolute atomic E-state index is 11.8. The predicted molar refractivity (Wildman–Crippen MR) is 78.7 cm³/mol. The van der Waals surface area contributed by atoms with Crippen LogP contribution in [0.4, 0.5) is 5.69 Å². The first kappa shape index (κ1) is 14.0. The highest BCUT2D eigenvalue weighted by Crippen LogP contribution is 2.15. The van der Waals surface area contributed by atoms with Crippen LogP contribution in [-0.4, -0.2) is 15.0 Å². The second-order valence-corrected chi connectivity index (χ2v) is 7.12. The molecule has 0 bridgehead atoms. The van der Waals surface area contributed by atoms with Gasteiger partial charge >= 0.3 is 0 Å². The Balaban J connectivity index is 1.80. The van der Waals surface area contributed by atoms with E-state index in [1.807, 2.05) is 24.3 Å². The Morgan fingerprint density at radius 1 is 1.16 bits per heavy atom. The second-order valence-electron chi connectivity index (χ2n) is 4.17. The van der Waals surface area contributed by atoms with Crippen molar-refractivity contribution in [3.05, 3.63) is 47.3 Å². The molecule has 0 radical (unpaired) electrons. The Morgan fingerprint density at radius 3 is 2.53 bits per heavy atom. The Bertz CT molecular complexity index is 605. The third-order valence-electron chi connectivity index (χ3n) is 2.67. The lowest BCUT2D eigenvalue weighted by molar-refractivity contribution is 0.581. The third-order valence-corrected chi connectivity index (χ3v) is 5.53. The van der Waals surface area contributed by atoms with Crippen LogP contribution >= 0.6 is 11.3 Å². The number of nitrogens with one attached hydrogen (secondary N) is 1. The van der Waals surface area contributed by atoms with Crippen LogP contribution in [0.5, 0.6) is 0 Å². The minimum absolute atomic E-state index is 0.361. The molecule has 1 aromatic heterocycles. The Morgan fingerprint density at radius 2 is 1.89 bits per heavy atom. The highest BCUT2D eigenvalue weighted by Gasteiger charge is 2.13. The summed E-state index contributed by atoms with van der Waals surface area (Å²) in [5.41, 5.74) is 7.50. The standard InChI is InChI=1S/C13H16N2O2S2/c14-12-7-5-11(6-8-12)3-1-9-15-19(16,17)13-4-2-10-18-13/h2,4-8,10,15H,1,3,9,14H2. The van der Waals surface area contributed by atoms with Crippen molar-refractivity contribution in [2.45, 2.75) is 17.1 Å². The minimum atomic E-state index is -3.33. The minimum Gasteiger partial charge on any atom is -0.399 e. The number of anilines is 1. The van der Waals surface area contributed by atoms with E-state index in [1.54, 1.807) is 17.5 Å². The molecule has 4 nitrogen and oxygen atoms in total. The van der Waals surface area contributed by atoms with Crippen molar-refractivity contribution >= 4 is 27.0 Å². The van der Waals surface area contributed by atoms with Gasteiger partial charge < -0.3 is 5.73 Å². The van der Waals surface area contributed by atoms with E-state index in [4.69, 9.17) is 5.73 Å². The largest absolute Gasteiger partial charge is 0.399 e. The normalized spacial score (nSPS) is 11.6. The van der Waals surface area contributed by atoms with E-state index >= 15 is 0 Å². The predicted octanol–water partition coefficient (Wildman–Crippen LogP) is 2.24. The number of hydrogen-bond acceptors (Lipinski definition) is 4. The van der Waals surface area contributed by atoms with Gasteiger partial charge in [0.2, 0.25) is 10.0 Å². The summed E-state index contributed by atoms with van der Waals surface area (Å²) in [5.74, 6) is 0.